The van der Waals surface area contributed by atoms with Crippen molar-refractivity contribution in [3.8, 4) is 28.4 Å². The molecule has 8 nitrogen and oxygen atoms in total. The Morgan fingerprint density at radius 2 is 1.85 bits per heavy atom. The van der Waals surface area contributed by atoms with Gasteiger partial charge >= 0.3 is 6.09 Å². The monoisotopic (exact) mass is 361 g/mol. The van der Waals surface area contributed by atoms with Crippen LogP contribution in [-0.4, -0.2) is 38.1 Å². The van der Waals surface area contributed by atoms with E-state index in [1.807, 2.05) is 36.4 Å². The van der Waals surface area contributed by atoms with Gasteiger partial charge in [0, 0.05) is 11.6 Å². The SMILES string of the molecule is COc1ccc(-c2c(-c3ccccc3)nn3c(NC(=O)O)cccc23)nn1. The zero-order chi connectivity index (χ0) is 18.8. The lowest BCUT2D eigenvalue weighted by atomic mass is 10.0. The fourth-order valence-electron chi connectivity index (χ4n) is 2.89. The van der Waals surface area contributed by atoms with E-state index >= 15 is 0 Å². The molecule has 2 N–H and O–H groups in total. The maximum atomic E-state index is 11.1. The zero-order valence-electron chi connectivity index (χ0n) is 14.3. The molecule has 4 aromatic rings. The molecule has 0 bridgehead atoms. The minimum absolute atomic E-state index is 0.338. The van der Waals surface area contributed by atoms with Gasteiger partial charge < -0.3 is 9.84 Å². The molecule has 0 radical (unpaired) electrons. The van der Waals surface area contributed by atoms with Crippen LogP contribution in [0.2, 0.25) is 0 Å². The molecule has 8 heteroatoms. The smallest absolute Gasteiger partial charge is 0.410 e. The largest absolute Gasteiger partial charge is 0.480 e. The molecule has 0 saturated heterocycles. The third kappa shape index (κ3) is 3.04. The first kappa shape index (κ1) is 16.5. The van der Waals surface area contributed by atoms with Crippen molar-refractivity contribution in [2.75, 3.05) is 12.4 Å². The molecule has 0 saturated carbocycles. The van der Waals surface area contributed by atoms with Gasteiger partial charge in [-0.2, -0.15) is 5.10 Å². The fourth-order valence-corrected chi connectivity index (χ4v) is 2.89. The number of nitrogens with zero attached hydrogens (tertiary/aromatic N) is 4. The second-order valence-electron chi connectivity index (χ2n) is 5.69. The van der Waals surface area contributed by atoms with E-state index in [0.29, 0.717) is 28.6 Å². The van der Waals surface area contributed by atoms with Crippen molar-refractivity contribution in [2.24, 2.45) is 0 Å². The van der Waals surface area contributed by atoms with Gasteiger partial charge in [-0.3, -0.25) is 5.32 Å². The van der Waals surface area contributed by atoms with Crippen LogP contribution >= 0.6 is 0 Å². The normalized spacial score (nSPS) is 10.7. The number of pyridine rings is 1. The van der Waals surface area contributed by atoms with Crippen molar-refractivity contribution in [2.45, 2.75) is 0 Å². The molecule has 3 aromatic heterocycles. The summed E-state index contributed by atoms with van der Waals surface area (Å²) in [4.78, 5) is 11.1. The summed E-state index contributed by atoms with van der Waals surface area (Å²) < 4.78 is 6.64. The molecule has 0 aliphatic carbocycles. The highest BCUT2D eigenvalue weighted by atomic mass is 16.5. The van der Waals surface area contributed by atoms with Crippen molar-refractivity contribution in [3.05, 3.63) is 60.7 Å². The van der Waals surface area contributed by atoms with Gasteiger partial charge in [-0.25, -0.2) is 9.31 Å². The van der Waals surface area contributed by atoms with Crippen molar-refractivity contribution >= 4 is 17.4 Å². The van der Waals surface area contributed by atoms with Gasteiger partial charge in [-0.15, -0.1) is 10.2 Å². The van der Waals surface area contributed by atoms with Gasteiger partial charge in [0.2, 0.25) is 5.88 Å². The van der Waals surface area contributed by atoms with Gasteiger partial charge in [0.25, 0.3) is 0 Å². The molecule has 0 spiro atoms. The molecule has 27 heavy (non-hydrogen) atoms. The number of methoxy groups -OCH3 is 1. The molecule has 0 aliphatic heterocycles. The van der Waals surface area contributed by atoms with Crippen molar-refractivity contribution in [1.29, 1.82) is 0 Å². The minimum atomic E-state index is -1.16. The maximum absolute atomic E-state index is 11.1. The molecule has 4 rings (SSSR count). The van der Waals surface area contributed by atoms with E-state index < -0.39 is 6.09 Å². The number of hydrogen-bond donors (Lipinski definition) is 2. The van der Waals surface area contributed by atoms with Crippen LogP contribution in [-0.2, 0) is 0 Å². The Balaban J connectivity index is 2.00. The number of aromatic nitrogens is 4. The van der Waals surface area contributed by atoms with E-state index in [-0.39, 0.29) is 0 Å². The van der Waals surface area contributed by atoms with Crippen molar-refractivity contribution in [3.63, 3.8) is 0 Å². The third-order valence-electron chi connectivity index (χ3n) is 4.05. The summed E-state index contributed by atoms with van der Waals surface area (Å²) >= 11 is 0. The van der Waals surface area contributed by atoms with Crippen LogP contribution in [0.15, 0.2) is 60.7 Å². The van der Waals surface area contributed by atoms with Gasteiger partial charge in [0.15, 0.2) is 0 Å². The van der Waals surface area contributed by atoms with E-state index in [1.54, 1.807) is 28.8 Å². The fraction of sp³-hybridized carbons (Fsp3) is 0.0526. The third-order valence-corrected chi connectivity index (χ3v) is 4.05. The van der Waals surface area contributed by atoms with Crippen LogP contribution in [0, 0.1) is 0 Å². The maximum Gasteiger partial charge on any atom is 0.410 e. The number of ether oxygens (including phenoxy) is 1. The predicted octanol–water partition coefficient (Wildman–Crippen LogP) is 3.56. The Labute approximate surface area is 154 Å². The summed E-state index contributed by atoms with van der Waals surface area (Å²) in [6.45, 7) is 0. The Hall–Kier alpha value is -3.94. The lowest BCUT2D eigenvalue weighted by molar-refractivity contribution is 0.209. The molecule has 0 unspecified atom stereocenters. The number of benzene rings is 1. The molecule has 0 aliphatic rings. The summed E-state index contributed by atoms with van der Waals surface area (Å²) in [6, 6.07) is 18.4. The summed E-state index contributed by atoms with van der Waals surface area (Å²) in [5, 5.41) is 24.4. The minimum Gasteiger partial charge on any atom is -0.480 e. The Kier molecular flexibility index (Phi) is 4.13. The van der Waals surface area contributed by atoms with Gasteiger partial charge in [0.1, 0.15) is 11.5 Å². The quantitative estimate of drug-likeness (QED) is 0.576. The van der Waals surface area contributed by atoms with Gasteiger partial charge in [0.05, 0.1) is 23.9 Å². The number of hydrogen-bond acceptors (Lipinski definition) is 5. The van der Waals surface area contributed by atoms with E-state index in [1.165, 1.54) is 7.11 Å². The molecule has 134 valence electrons. The van der Waals surface area contributed by atoms with Crippen LogP contribution in [0.25, 0.3) is 28.0 Å². The zero-order valence-corrected chi connectivity index (χ0v) is 14.3. The topological polar surface area (TPSA) is 102 Å². The number of amides is 1. The first-order valence-corrected chi connectivity index (χ1v) is 8.12. The van der Waals surface area contributed by atoms with E-state index in [9.17, 15) is 4.79 Å². The highest BCUT2D eigenvalue weighted by Crippen LogP contribution is 2.35. The van der Waals surface area contributed by atoms with Crippen LogP contribution in [0.4, 0.5) is 10.6 Å². The Bertz CT molecular complexity index is 1110. The number of anilines is 1. The predicted molar refractivity (Wildman–Crippen MR) is 99.9 cm³/mol. The Morgan fingerprint density at radius 1 is 1.04 bits per heavy atom. The lowest BCUT2D eigenvalue weighted by Crippen LogP contribution is -2.11. The van der Waals surface area contributed by atoms with Crippen molar-refractivity contribution < 1.29 is 14.6 Å². The number of carbonyl (C=O) groups is 1. The average Bonchev–Trinajstić information content (AvgIpc) is 3.09. The first-order chi connectivity index (χ1) is 13.2. The molecular formula is C19H15N5O3. The first-order valence-electron chi connectivity index (χ1n) is 8.12. The summed E-state index contributed by atoms with van der Waals surface area (Å²) in [5.74, 6) is 0.745. The standard InChI is InChI=1S/C19H15N5O3/c1-27-16-11-10-13(21-22-16)17-14-8-5-9-15(20-19(25)26)24(14)23-18(17)12-6-3-2-4-7-12/h2-11,20H,1H3,(H,25,26). The molecule has 3 heterocycles. The molecule has 1 aromatic carbocycles. The van der Waals surface area contributed by atoms with Crippen LogP contribution in [0.5, 0.6) is 5.88 Å². The number of fused-ring (bicyclic) bond motifs is 1. The molecule has 1 amide bonds. The average molecular weight is 361 g/mol. The highest BCUT2D eigenvalue weighted by Gasteiger charge is 2.19. The summed E-state index contributed by atoms with van der Waals surface area (Å²) in [5.41, 5.74) is 3.63. The number of rotatable bonds is 4. The van der Waals surface area contributed by atoms with Crippen LogP contribution < -0.4 is 10.1 Å². The number of carboxylic acid groups (broad SMARTS) is 1. The second-order valence-corrected chi connectivity index (χ2v) is 5.69. The summed E-state index contributed by atoms with van der Waals surface area (Å²) in [7, 11) is 1.53. The van der Waals surface area contributed by atoms with E-state index in [2.05, 4.69) is 20.6 Å². The van der Waals surface area contributed by atoms with Gasteiger partial charge in [-0.1, -0.05) is 36.4 Å². The molecule has 0 atom stereocenters. The lowest BCUT2D eigenvalue weighted by Gasteiger charge is -2.05. The number of nitrogens with one attached hydrogen (secondary N) is 1. The van der Waals surface area contributed by atoms with Crippen LogP contribution in [0.1, 0.15) is 0 Å². The Morgan fingerprint density at radius 3 is 2.52 bits per heavy atom. The molecule has 0 fully saturated rings. The van der Waals surface area contributed by atoms with E-state index in [4.69, 9.17) is 9.84 Å². The second kappa shape index (κ2) is 6.75. The summed E-state index contributed by atoms with van der Waals surface area (Å²) in [6.07, 6.45) is -1.16. The van der Waals surface area contributed by atoms with E-state index in [0.717, 1.165) is 11.1 Å². The highest BCUT2D eigenvalue weighted by molar-refractivity contribution is 5.92. The van der Waals surface area contributed by atoms with Gasteiger partial charge in [-0.05, 0) is 18.2 Å². The van der Waals surface area contributed by atoms with Crippen molar-refractivity contribution in [1.82, 2.24) is 19.8 Å². The van der Waals surface area contributed by atoms with Crippen LogP contribution in [0.3, 0.4) is 0 Å². The molecular weight excluding hydrogens is 346 g/mol.